The maximum absolute atomic E-state index is 12.1. The van der Waals surface area contributed by atoms with Gasteiger partial charge in [-0.3, -0.25) is 0 Å². The van der Waals surface area contributed by atoms with Crippen molar-refractivity contribution >= 4 is 6.09 Å². The van der Waals surface area contributed by atoms with Crippen molar-refractivity contribution in [1.82, 2.24) is 4.90 Å². The Balaban J connectivity index is 1.54. The minimum absolute atomic E-state index is 0.297. The van der Waals surface area contributed by atoms with E-state index < -0.39 is 5.79 Å². The number of carbonyl (C=O) groups is 1. The average Bonchev–Trinajstić information content (AvgIpc) is 2.93. The Kier molecular flexibility index (Phi) is 3.89. The highest BCUT2D eigenvalue weighted by Gasteiger charge is 2.42. The van der Waals surface area contributed by atoms with Crippen LogP contribution in [-0.4, -0.2) is 43.1 Å². The molecule has 2 heterocycles. The molecule has 1 aromatic carbocycles. The van der Waals surface area contributed by atoms with Gasteiger partial charge in [0.2, 0.25) is 0 Å². The average molecular weight is 277 g/mol. The molecule has 0 N–H and O–H groups in total. The summed E-state index contributed by atoms with van der Waals surface area (Å²) in [6.45, 7) is 2.66. The molecule has 2 fully saturated rings. The molecule has 0 bridgehead atoms. The number of benzene rings is 1. The lowest BCUT2D eigenvalue weighted by molar-refractivity contribution is -0.185. The number of amides is 1. The molecule has 2 aliphatic heterocycles. The number of piperidine rings is 1. The molecule has 2 saturated heterocycles. The third-order valence-electron chi connectivity index (χ3n) is 3.69. The van der Waals surface area contributed by atoms with Crippen LogP contribution >= 0.6 is 0 Å². The van der Waals surface area contributed by atoms with Crippen molar-refractivity contribution in [2.24, 2.45) is 0 Å². The van der Waals surface area contributed by atoms with E-state index in [4.69, 9.17) is 14.2 Å². The Bertz CT molecular complexity index is 456. The Hall–Kier alpha value is -1.59. The van der Waals surface area contributed by atoms with Gasteiger partial charge in [0.25, 0.3) is 0 Å². The van der Waals surface area contributed by atoms with E-state index in [1.807, 2.05) is 30.3 Å². The zero-order chi connectivity index (χ0) is 13.8. The standard InChI is InChI=1S/C15H19NO4/c17-14(18-11-13-5-2-1-3-6-13)16-8-4-7-15(12-16)19-9-10-20-15/h1-3,5-6H,4,7-12H2. The van der Waals surface area contributed by atoms with Gasteiger partial charge in [0.15, 0.2) is 5.79 Å². The molecule has 0 aromatic heterocycles. The summed E-state index contributed by atoms with van der Waals surface area (Å²) < 4.78 is 16.7. The summed E-state index contributed by atoms with van der Waals surface area (Å²) >= 11 is 0. The van der Waals surface area contributed by atoms with Gasteiger partial charge in [-0.1, -0.05) is 30.3 Å². The van der Waals surface area contributed by atoms with Gasteiger partial charge >= 0.3 is 6.09 Å². The lowest BCUT2D eigenvalue weighted by atomic mass is 10.1. The van der Waals surface area contributed by atoms with Crippen LogP contribution in [0.2, 0.25) is 0 Å². The number of hydrogen-bond acceptors (Lipinski definition) is 4. The number of rotatable bonds is 2. The Morgan fingerprint density at radius 1 is 1.25 bits per heavy atom. The van der Waals surface area contributed by atoms with E-state index in [1.165, 1.54) is 0 Å². The van der Waals surface area contributed by atoms with E-state index in [1.54, 1.807) is 4.90 Å². The van der Waals surface area contributed by atoms with E-state index in [-0.39, 0.29) is 6.09 Å². The molecule has 1 spiro atoms. The zero-order valence-electron chi connectivity index (χ0n) is 11.4. The first-order valence-corrected chi connectivity index (χ1v) is 7.01. The fourth-order valence-corrected chi connectivity index (χ4v) is 2.69. The third-order valence-corrected chi connectivity index (χ3v) is 3.69. The summed E-state index contributed by atoms with van der Waals surface area (Å²) in [6.07, 6.45) is 1.42. The Labute approximate surface area is 118 Å². The molecule has 0 unspecified atom stereocenters. The third kappa shape index (κ3) is 2.94. The first-order chi connectivity index (χ1) is 9.77. The molecule has 2 aliphatic rings. The lowest BCUT2D eigenvalue weighted by Gasteiger charge is -2.37. The van der Waals surface area contributed by atoms with Crippen LogP contribution in [0.25, 0.3) is 0 Å². The summed E-state index contributed by atoms with van der Waals surface area (Å²) in [7, 11) is 0. The van der Waals surface area contributed by atoms with Gasteiger partial charge in [-0.15, -0.1) is 0 Å². The summed E-state index contributed by atoms with van der Waals surface area (Å²) in [5.41, 5.74) is 0.987. The van der Waals surface area contributed by atoms with Gasteiger partial charge in [0.05, 0.1) is 19.8 Å². The van der Waals surface area contributed by atoms with Crippen LogP contribution in [0.1, 0.15) is 18.4 Å². The highest BCUT2D eigenvalue weighted by molar-refractivity contribution is 5.67. The van der Waals surface area contributed by atoms with Gasteiger partial charge in [0, 0.05) is 13.0 Å². The van der Waals surface area contributed by atoms with Crippen LogP contribution in [0, 0.1) is 0 Å². The molecule has 1 aromatic rings. The summed E-state index contributed by atoms with van der Waals surface area (Å²) in [6, 6.07) is 9.68. The van der Waals surface area contributed by atoms with E-state index >= 15 is 0 Å². The fraction of sp³-hybridized carbons (Fsp3) is 0.533. The summed E-state index contributed by atoms with van der Waals surface area (Å²) in [4.78, 5) is 13.8. The molecule has 20 heavy (non-hydrogen) atoms. The molecule has 1 amide bonds. The SMILES string of the molecule is O=C(OCc1ccccc1)N1CCCC2(C1)OCCO2. The van der Waals surface area contributed by atoms with Gasteiger partial charge in [-0.05, 0) is 12.0 Å². The molecular weight excluding hydrogens is 258 g/mol. The van der Waals surface area contributed by atoms with Crippen LogP contribution in [0.4, 0.5) is 4.79 Å². The fourth-order valence-electron chi connectivity index (χ4n) is 2.69. The van der Waals surface area contributed by atoms with E-state index in [0.29, 0.717) is 32.9 Å². The molecule has 0 saturated carbocycles. The minimum Gasteiger partial charge on any atom is -0.445 e. The normalized spacial score (nSPS) is 21.1. The maximum atomic E-state index is 12.1. The van der Waals surface area contributed by atoms with Crippen molar-refractivity contribution in [3.8, 4) is 0 Å². The quantitative estimate of drug-likeness (QED) is 0.831. The highest BCUT2D eigenvalue weighted by atomic mass is 16.7. The number of hydrogen-bond donors (Lipinski definition) is 0. The van der Waals surface area contributed by atoms with Crippen LogP contribution < -0.4 is 0 Å². The first kappa shape index (κ1) is 13.4. The highest BCUT2D eigenvalue weighted by Crippen LogP contribution is 2.30. The largest absolute Gasteiger partial charge is 0.445 e. The molecule has 3 rings (SSSR count). The minimum atomic E-state index is -0.593. The topological polar surface area (TPSA) is 48.0 Å². The number of ether oxygens (including phenoxy) is 3. The Morgan fingerprint density at radius 3 is 2.75 bits per heavy atom. The molecule has 0 radical (unpaired) electrons. The van der Waals surface area contributed by atoms with Crippen molar-refractivity contribution in [2.75, 3.05) is 26.3 Å². The smallest absolute Gasteiger partial charge is 0.410 e. The Morgan fingerprint density at radius 2 is 2.00 bits per heavy atom. The molecule has 0 aliphatic carbocycles. The number of nitrogens with zero attached hydrogens (tertiary/aromatic N) is 1. The molecule has 0 atom stereocenters. The second-order valence-electron chi connectivity index (χ2n) is 5.17. The monoisotopic (exact) mass is 277 g/mol. The van der Waals surface area contributed by atoms with Gasteiger partial charge in [-0.2, -0.15) is 0 Å². The molecular formula is C15H19NO4. The second-order valence-corrected chi connectivity index (χ2v) is 5.17. The first-order valence-electron chi connectivity index (χ1n) is 7.01. The number of carbonyl (C=O) groups excluding carboxylic acids is 1. The van der Waals surface area contributed by atoms with Gasteiger partial charge in [0.1, 0.15) is 6.61 Å². The molecule has 5 nitrogen and oxygen atoms in total. The molecule has 108 valence electrons. The van der Waals surface area contributed by atoms with Crippen molar-refractivity contribution in [3.05, 3.63) is 35.9 Å². The van der Waals surface area contributed by atoms with Crippen molar-refractivity contribution in [1.29, 1.82) is 0 Å². The summed E-state index contributed by atoms with van der Waals surface area (Å²) in [5.74, 6) is -0.593. The number of likely N-dealkylation sites (tertiary alicyclic amines) is 1. The van der Waals surface area contributed by atoms with E-state index in [2.05, 4.69) is 0 Å². The zero-order valence-corrected chi connectivity index (χ0v) is 11.4. The predicted octanol–water partition coefficient (Wildman–Crippen LogP) is 2.16. The van der Waals surface area contributed by atoms with Gasteiger partial charge in [-0.25, -0.2) is 4.79 Å². The van der Waals surface area contributed by atoms with E-state index in [9.17, 15) is 4.79 Å². The van der Waals surface area contributed by atoms with Crippen LogP contribution in [0.15, 0.2) is 30.3 Å². The lowest BCUT2D eigenvalue weighted by Crippen LogP contribution is -2.51. The van der Waals surface area contributed by atoms with Crippen LogP contribution in [-0.2, 0) is 20.8 Å². The van der Waals surface area contributed by atoms with Crippen molar-refractivity contribution < 1.29 is 19.0 Å². The summed E-state index contributed by atoms with van der Waals surface area (Å²) in [5, 5.41) is 0. The van der Waals surface area contributed by atoms with Crippen LogP contribution in [0.5, 0.6) is 0 Å². The van der Waals surface area contributed by atoms with Crippen molar-refractivity contribution in [2.45, 2.75) is 25.2 Å². The second kappa shape index (κ2) is 5.81. The van der Waals surface area contributed by atoms with E-state index in [0.717, 1.165) is 18.4 Å². The van der Waals surface area contributed by atoms with Crippen LogP contribution in [0.3, 0.4) is 0 Å². The van der Waals surface area contributed by atoms with Crippen molar-refractivity contribution in [3.63, 3.8) is 0 Å². The maximum Gasteiger partial charge on any atom is 0.410 e. The van der Waals surface area contributed by atoms with Gasteiger partial charge < -0.3 is 19.1 Å². The predicted molar refractivity (Wildman–Crippen MR) is 72.1 cm³/mol. The molecule has 5 heteroatoms.